The number of rotatable bonds is 5. The summed E-state index contributed by atoms with van der Waals surface area (Å²) in [4.78, 5) is 17.1. The van der Waals surface area contributed by atoms with E-state index in [0.29, 0.717) is 29.7 Å². The molecule has 10 heteroatoms. The molecule has 3 aromatic rings. The number of fused-ring (bicyclic) bond motifs is 2. The van der Waals surface area contributed by atoms with Gasteiger partial charge in [-0.05, 0) is 37.1 Å². The molecule has 0 unspecified atom stereocenters. The number of carbonyl (C=O) groups excluding carboxylic acids is 1. The van der Waals surface area contributed by atoms with Crippen LogP contribution in [0.5, 0.6) is 5.75 Å². The number of ether oxygens (including phenoxy) is 1. The predicted octanol–water partition coefficient (Wildman–Crippen LogP) is 3.28. The van der Waals surface area contributed by atoms with Crippen LogP contribution < -0.4 is 15.4 Å². The van der Waals surface area contributed by atoms with Gasteiger partial charge in [0.05, 0.1) is 33.3 Å². The Morgan fingerprint density at radius 2 is 2.03 bits per heavy atom. The summed E-state index contributed by atoms with van der Waals surface area (Å²) in [5.41, 5.74) is 1.54. The van der Waals surface area contributed by atoms with Crippen LogP contribution in [-0.4, -0.2) is 49.4 Å². The minimum absolute atomic E-state index is 0.156. The normalized spacial score (nSPS) is 18.9. The van der Waals surface area contributed by atoms with Crippen molar-refractivity contribution in [3.63, 3.8) is 0 Å². The summed E-state index contributed by atoms with van der Waals surface area (Å²) in [6.07, 6.45) is 2.00. The Bertz CT molecular complexity index is 1200. The first-order valence-corrected chi connectivity index (χ1v) is 12.4. The average Bonchev–Trinajstić information content (AvgIpc) is 3.43. The number of nitrogens with one attached hydrogen (secondary N) is 2. The highest BCUT2D eigenvalue weighted by molar-refractivity contribution is 7.89. The van der Waals surface area contributed by atoms with Crippen molar-refractivity contribution in [1.82, 2.24) is 9.29 Å². The molecule has 31 heavy (non-hydrogen) atoms. The summed E-state index contributed by atoms with van der Waals surface area (Å²) in [6.45, 7) is 1.39. The molecule has 2 N–H and O–H groups in total. The lowest BCUT2D eigenvalue weighted by Gasteiger charge is -2.27. The SMILES string of the molecule is O=C(C[C@H]1COc2cc(S(=O)(=O)N3CCCC3)ccc2N1)Nc1nc2ccccc2s1. The summed E-state index contributed by atoms with van der Waals surface area (Å²) in [7, 11) is -3.49. The van der Waals surface area contributed by atoms with Gasteiger partial charge in [-0.25, -0.2) is 13.4 Å². The topological polar surface area (TPSA) is 101 Å². The van der Waals surface area contributed by atoms with Crippen LogP contribution in [0.1, 0.15) is 19.3 Å². The van der Waals surface area contributed by atoms with Gasteiger partial charge in [0, 0.05) is 19.2 Å². The zero-order valence-corrected chi connectivity index (χ0v) is 18.3. The van der Waals surface area contributed by atoms with Gasteiger partial charge in [-0.3, -0.25) is 4.79 Å². The van der Waals surface area contributed by atoms with E-state index in [1.54, 1.807) is 18.2 Å². The predicted molar refractivity (Wildman–Crippen MR) is 120 cm³/mol. The fraction of sp³-hybridized carbons (Fsp3) is 0.333. The molecule has 0 saturated carbocycles. The van der Waals surface area contributed by atoms with E-state index in [-0.39, 0.29) is 29.9 Å². The third-order valence-electron chi connectivity index (χ3n) is 5.43. The minimum Gasteiger partial charge on any atom is -0.489 e. The molecular weight excluding hydrogens is 436 g/mol. The van der Waals surface area contributed by atoms with Crippen molar-refractivity contribution in [1.29, 1.82) is 0 Å². The molecule has 2 aromatic carbocycles. The van der Waals surface area contributed by atoms with Gasteiger partial charge >= 0.3 is 0 Å². The van der Waals surface area contributed by atoms with Gasteiger partial charge in [0.2, 0.25) is 15.9 Å². The van der Waals surface area contributed by atoms with Crippen molar-refractivity contribution in [2.24, 2.45) is 0 Å². The molecule has 5 rings (SSSR count). The average molecular weight is 459 g/mol. The van der Waals surface area contributed by atoms with Gasteiger partial charge in [-0.15, -0.1) is 0 Å². The van der Waals surface area contributed by atoms with Gasteiger partial charge in [0.1, 0.15) is 12.4 Å². The summed E-state index contributed by atoms with van der Waals surface area (Å²) < 4.78 is 33.8. The van der Waals surface area contributed by atoms with Gasteiger partial charge in [-0.2, -0.15) is 4.31 Å². The lowest BCUT2D eigenvalue weighted by atomic mass is 10.1. The van der Waals surface area contributed by atoms with E-state index < -0.39 is 10.0 Å². The number of carbonyl (C=O) groups is 1. The van der Waals surface area contributed by atoms with Crippen molar-refractivity contribution in [2.75, 3.05) is 30.3 Å². The van der Waals surface area contributed by atoms with Crippen LogP contribution >= 0.6 is 11.3 Å². The third kappa shape index (κ3) is 4.10. The molecule has 8 nitrogen and oxygen atoms in total. The van der Waals surface area contributed by atoms with Crippen molar-refractivity contribution < 1.29 is 17.9 Å². The molecule has 162 valence electrons. The second kappa shape index (κ2) is 8.10. The van der Waals surface area contributed by atoms with E-state index in [9.17, 15) is 13.2 Å². The van der Waals surface area contributed by atoms with E-state index in [1.165, 1.54) is 15.6 Å². The quantitative estimate of drug-likeness (QED) is 0.609. The molecule has 1 fully saturated rings. The molecular formula is C21H22N4O4S2. The Morgan fingerprint density at radius 1 is 1.23 bits per heavy atom. The number of hydrogen-bond donors (Lipinski definition) is 2. The highest BCUT2D eigenvalue weighted by Crippen LogP contribution is 2.34. The summed E-state index contributed by atoms with van der Waals surface area (Å²) in [5, 5.41) is 6.70. The highest BCUT2D eigenvalue weighted by Gasteiger charge is 2.29. The maximum atomic E-state index is 12.8. The number of para-hydroxylation sites is 1. The maximum absolute atomic E-state index is 12.8. The Hall–Kier alpha value is -2.69. The first-order valence-electron chi connectivity index (χ1n) is 10.2. The molecule has 0 bridgehead atoms. The molecule has 1 saturated heterocycles. The second-order valence-corrected chi connectivity index (χ2v) is 10.6. The number of anilines is 2. The Balaban J connectivity index is 1.23. The fourth-order valence-corrected chi connectivity index (χ4v) is 6.28. The number of nitrogens with zero attached hydrogens (tertiary/aromatic N) is 2. The lowest BCUT2D eigenvalue weighted by Crippen LogP contribution is -2.35. The molecule has 0 aliphatic carbocycles. The molecule has 2 aliphatic rings. The fourth-order valence-electron chi connectivity index (χ4n) is 3.86. The Labute approximate surface area is 184 Å². The van der Waals surface area contributed by atoms with Crippen LogP contribution in [0.25, 0.3) is 10.2 Å². The summed E-state index contributed by atoms with van der Waals surface area (Å²) in [5.74, 6) is 0.333. The molecule has 3 heterocycles. The van der Waals surface area contributed by atoms with Crippen LogP contribution in [0.3, 0.4) is 0 Å². The Morgan fingerprint density at radius 3 is 2.84 bits per heavy atom. The molecule has 2 aliphatic heterocycles. The highest BCUT2D eigenvalue weighted by atomic mass is 32.2. The van der Waals surface area contributed by atoms with E-state index in [1.807, 2.05) is 24.3 Å². The van der Waals surface area contributed by atoms with Gasteiger partial charge in [0.15, 0.2) is 5.13 Å². The summed E-state index contributed by atoms with van der Waals surface area (Å²) in [6, 6.07) is 12.4. The summed E-state index contributed by atoms with van der Waals surface area (Å²) >= 11 is 1.43. The number of aromatic nitrogens is 1. The van der Waals surface area contributed by atoms with Gasteiger partial charge in [-0.1, -0.05) is 23.5 Å². The van der Waals surface area contributed by atoms with Crippen LogP contribution in [0.15, 0.2) is 47.4 Å². The van der Waals surface area contributed by atoms with E-state index in [2.05, 4.69) is 15.6 Å². The van der Waals surface area contributed by atoms with E-state index in [4.69, 9.17) is 4.74 Å². The zero-order chi connectivity index (χ0) is 21.4. The molecule has 1 aromatic heterocycles. The number of hydrogen-bond acceptors (Lipinski definition) is 7. The third-order valence-corrected chi connectivity index (χ3v) is 8.27. The first kappa shape index (κ1) is 20.2. The van der Waals surface area contributed by atoms with Crippen molar-refractivity contribution >= 4 is 48.3 Å². The van der Waals surface area contributed by atoms with Crippen LogP contribution in [-0.2, 0) is 14.8 Å². The van der Waals surface area contributed by atoms with E-state index in [0.717, 1.165) is 23.1 Å². The molecule has 0 radical (unpaired) electrons. The maximum Gasteiger partial charge on any atom is 0.243 e. The van der Waals surface area contributed by atoms with Gasteiger partial charge in [0.25, 0.3) is 0 Å². The van der Waals surface area contributed by atoms with Crippen molar-refractivity contribution in [3.8, 4) is 5.75 Å². The largest absolute Gasteiger partial charge is 0.489 e. The number of sulfonamides is 1. The Kier molecular flexibility index (Phi) is 5.28. The minimum atomic E-state index is -3.49. The monoisotopic (exact) mass is 458 g/mol. The lowest BCUT2D eigenvalue weighted by molar-refractivity contribution is -0.116. The molecule has 0 spiro atoms. The zero-order valence-electron chi connectivity index (χ0n) is 16.7. The van der Waals surface area contributed by atoms with Gasteiger partial charge < -0.3 is 15.4 Å². The number of amides is 1. The van der Waals surface area contributed by atoms with Crippen LogP contribution in [0, 0.1) is 0 Å². The van der Waals surface area contributed by atoms with Crippen molar-refractivity contribution in [3.05, 3.63) is 42.5 Å². The number of benzene rings is 2. The smallest absolute Gasteiger partial charge is 0.243 e. The number of thiazole rings is 1. The first-order chi connectivity index (χ1) is 15.0. The van der Waals surface area contributed by atoms with E-state index >= 15 is 0 Å². The molecule has 1 amide bonds. The van der Waals surface area contributed by atoms with Crippen molar-refractivity contribution in [2.45, 2.75) is 30.2 Å². The van der Waals surface area contributed by atoms with Crippen LogP contribution in [0.2, 0.25) is 0 Å². The van der Waals surface area contributed by atoms with Crippen LogP contribution in [0.4, 0.5) is 10.8 Å². The second-order valence-electron chi connectivity index (χ2n) is 7.66. The standard InChI is InChI=1S/C21H22N4O4S2/c26-20(24-21-23-17-5-1-2-6-19(17)30-21)11-14-13-29-18-12-15(7-8-16(18)22-14)31(27,28)25-9-3-4-10-25/h1-2,5-8,12,14,22H,3-4,9-11,13H2,(H,23,24,26)/t14-/m0/s1. The molecule has 1 atom stereocenters.